The van der Waals surface area contributed by atoms with E-state index in [-0.39, 0.29) is 11.6 Å². The van der Waals surface area contributed by atoms with Crippen LogP contribution in [0.3, 0.4) is 0 Å². The summed E-state index contributed by atoms with van der Waals surface area (Å²) in [6, 6.07) is 1.38. The Balaban J connectivity index is 2.59. The van der Waals surface area contributed by atoms with Crippen LogP contribution in [0, 0.1) is 13.2 Å². The van der Waals surface area contributed by atoms with E-state index < -0.39 is 0 Å². The van der Waals surface area contributed by atoms with Crippen molar-refractivity contribution in [2.75, 3.05) is 0 Å². The van der Waals surface area contributed by atoms with Gasteiger partial charge in [-0.1, -0.05) is 0 Å². The topological polar surface area (TPSA) is 30.7 Å². The summed E-state index contributed by atoms with van der Waals surface area (Å²) >= 11 is 7.36. The lowest BCUT2D eigenvalue weighted by atomic mass is 10.4. The van der Waals surface area contributed by atoms with E-state index in [0.717, 1.165) is 7.40 Å². The van der Waals surface area contributed by atoms with Gasteiger partial charge in [-0.3, -0.25) is 4.57 Å². The summed E-state index contributed by atoms with van der Waals surface area (Å²) in [5, 5.41) is 0. The number of pyridine rings is 1. The number of halogens is 4. The molecule has 0 radical (unpaired) electrons. The SMILES string of the molecule is Fc1cc(Br)cnc1-n1cnc(I)c1I. The Kier molecular flexibility index (Phi) is 3.60. The van der Waals surface area contributed by atoms with E-state index in [2.05, 4.69) is 71.1 Å². The molecular formula is C8H3BrFI2N3. The van der Waals surface area contributed by atoms with E-state index in [4.69, 9.17) is 0 Å². The van der Waals surface area contributed by atoms with E-state index in [1.807, 2.05) is 0 Å². The minimum Gasteiger partial charge on any atom is -0.274 e. The molecule has 0 aliphatic carbocycles. The summed E-state index contributed by atoms with van der Waals surface area (Å²) in [5.74, 6) is -0.117. The van der Waals surface area contributed by atoms with Crippen LogP contribution in [0.2, 0.25) is 0 Å². The first-order chi connectivity index (χ1) is 7.09. The highest BCUT2D eigenvalue weighted by atomic mass is 127. The molecule has 0 amide bonds. The van der Waals surface area contributed by atoms with Crippen molar-refractivity contribution in [3.05, 3.63) is 36.3 Å². The summed E-state index contributed by atoms with van der Waals surface area (Å²) in [6.45, 7) is 0. The van der Waals surface area contributed by atoms with E-state index in [0.29, 0.717) is 4.47 Å². The van der Waals surface area contributed by atoms with Crippen LogP contribution in [0.15, 0.2) is 23.1 Å². The van der Waals surface area contributed by atoms with Crippen LogP contribution in [-0.4, -0.2) is 14.5 Å². The van der Waals surface area contributed by atoms with E-state index in [1.165, 1.54) is 6.07 Å². The second kappa shape index (κ2) is 4.62. The normalized spacial score (nSPS) is 10.7. The molecule has 0 N–H and O–H groups in total. The Hall–Kier alpha value is 0.230. The molecule has 0 atom stereocenters. The van der Waals surface area contributed by atoms with Crippen molar-refractivity contribution in [1.29, 1.82) is 0 Å². The smallest absolute Gasteiger partial charge is 0.175 e. The van der Waals surface area contributed by atoms with Gasteiger partial charge < -0.3 is 0 Å². The third-order valence-electron chi connectivity index (χ3n) is 1.68. The second-order valence-corrected chi connectivity index (χ2v) is 5.61. The molecule has 0 saturated heterocycles. The zero-order valence-corrected chi connectivity index (χ0v) is 13.0. The molecule has 15 heavy (non-hydrogen) atoms. The Morgan fingerprint density at radius 2 is 2.07 bits per heavy atom. The number of hydrogen-bond donors (Lipinski definition) is 0. The number of aromatic nitrogens is 3. The quantitative estimate of drug-likeness (QED) is 0.570. The van der Waals surface area contributed by atoms with Crippen molar-refractivity contribution in [2.45, 2.75) is 0 Å². The van der Waals surface area contributed by atoms with Gasteiger partial charge in [-0.25, -0.2) is 14.4 Å². The minimum atomic E-state index is -0.379. The van der Waals surface area contributed by atoms with E-state index in [9.17, 15) is 4.39 Å². The highest BCUT2D eigenvalue weighted by Crippen LogP contribution is 2.20. The van der Waals surface area contributed by atoms with Gasteiger partial charge in [0.1, 0.15) is 13.7 Å². The van der Waals surface area contributed by atoms with Gasteiger partial charge in [-0.05, 0) is 67.2 Å². The van der Waals surface area contributed by atoms with Gasteiger partial charge in [0.2, 0.25) is 0 Å². The van der Waals surface area contributed by atoms with Crippen molar-refractivity contribution in [3.63, 3.8) is 0 Å². The predicted octanol–water partition coefficient (Wildman–Crippen LogP) is 3.38. The number of nitrogens with zero attached hydrogens (tertiary/aromatic N) is 3. The molecule has 7 heteroatoms. The summed E-state index contributed by atoms with van der Waals surface area (Å²) in [7, 11) is 0. The van der Waals surface area contributed by atoms with E-state index >= 15 is 0 Å². The van der Waals surface area contributed by atoms with E-state index in [1.54, 1.807) is 17.1 Å². The zero-order chi connectivity index (χ0) is 11.0. The van der Waals surface area contributed by atoms with Crippen molar-refractivity contribution in [3.8, 4) is 5.82 Å². The average molecular weight is 494 g/mol. The first-order valence-electron chi connectivity index (χ1n) is 3.79. The summed E-state index contributed by atoms with van der Waals surface area (Å²) < 4.78 is 17.5. The molecule has 2 aromatic heterocycles. The molecule has 0 bridgehead atoms. The number of rotatable bonds is 1. The van der Waals surface area contributed by atoms with Gasteiger partial charge in [0.25, 0.3) is 0 Å². The molecule has 0 aliphatic heterocycles. The van der Waals surface area contributed by atoms with Crippen molar-refractivity contribution in [1.82, 2.24) is 14.5 Å². The molecule has 0 aromatic carbocycles. The Labute approximate surface area is 121 Å². The lowest BCUT2D eigenvalue weighted by molar-refractivity contribution is 0.607. The van der Waals surface area contributed by atoms with Crippen LogP contribution in [-0.2, 0) is 0 Å². The Morgan fingerprint density at radius 3 is 2.60 bits per heavy atom. The third-order valence-corrected chi connectivity index (χ3v) is 4.97. The lowest BCUT2D eigenvalue weighted by Gasteiger charge is -2.04. The fourth-order valence-electron chi connectivity index (χ4n) is 1.04. The first kappa shape index (κ1) is 11.7. The minimum absolute atomic E-state index is 0.262. The molecule has 2 aromatic rings. The maximum absolute atomic E-state index is 13.6. The lowest BCUT2D eigenvalue weighted by Crippen LogP contribution is -2.01. The highest BCUT2D eigenvalue weighted by molar-refractivity contribution is 14.1. The fraction of sp³-hybridized carbons (Fsp3) is 0. The van der Waals surface area contributed by atoms with Gasteiger partial charge >= 0.3 is 0 Å². The third kappa shape index (κ3) is 2.33. The molecular weight excluding hydrogens is 491 g/mol. The zero-order valence-electron chi connectivity index (χ0n) is 7.09. The maximum atomic E-state index is 13.6. The van der Waals surface area contributed by atoms with Gasteiger partial charge in [-0.2, -0.15) is 0 Å². The van der Waals surface area contributed by atoms with Crippen molar-refractivity contribution >= 4 is 61.1 Å². The van der Waals surface area contributed by atoms with Crippen molar-refractivity contribution < 1.29 is 4.39 Å². The van der Waals surface area contributed by atoms with Crippen LogP contribution in [0.25, 0.3) is 5.82 Å². The second-order valence-electron chi connectivity index (χ2n) is 2.66. The van der Waals surface area contributed by atoms with Gasteiger partial charge in [-0.15, -0.1) is 0 Å². The molecule has 0 spiro atoms. The molecule has 0 unspecified atom stereocenters. The molecule has 2 rings (SSSR count). The number of imidazole rings is 1. The van der Waals surface area contributed by atoms with Gasteiger partial charge in [0, 0.05) is 10.7 Å². The molecule has 0 saturated carbocycles. The summed E-state index contributed by atoms with van der Waals surface area (Å²) in [4.78, 5) is 8.09. The van der Waals surface area contributed by atoms with Crippen LogP contribution < -0.4 is 0 Å². The molecule has 3 nitrogen and oxygen atoms in total. The fourth-order valence-corrected chi connectivity index (χ4v) is 2.22. The maximum Gasteiger partial charge on any atom is 0.175 e. The molecule has 2 heterocycles. The van der Waals surface area contributed by atoms with Crippen LogP contribution in [0.4, 0.5) is 4.39 Å². The van der Waals surface area contributed by atoms with Crippen LogP contribution >= 0.6 is 61.1 Å². The monoisotopic (exact) mass is 493 g/mol. The molecule has 0 fully saturated rings. The first-order valence-corrected chi connectivity index (χ1v) is 6.74. The van der Waals surface area contributed by atoms with Gasteiger partial charge in [0.05, 0.1) is 0 Å². The molecule has 0 aliphatic rings. The summed E-state index contributed by atoms with van der Waals surface area (Å²) in [6.07, 6.45) is 3.12. The van der Waals surface area contributed by atoms with Crippen molar-refractivity contribution in [2.24, 2.45) is 0 Å². The largest absolute Gasteiger partial charge is 0.274 e. The van der Waals surface area contributed by atoms with Crippen LogP contribution in [0.1, 0.15) is 0 Å². The Morgan fingerprint density at radius 1 is 1.33 bits per heavy atom. The standard InChI is InChI=1S/C8H3BrFI2N3/c9-4-1-5(10)8(13-2-4)15-3-14-6(11)7(15)12/h1-3H. The average Bonchev–Trinajstić information content (AvgIpc) is 2.49. The Bertz CT molecular complexity index is 515. The molecule has 78 valence electrons. The predicted molar refractivity (Wildman–Crippen MR) is 74.5 cm³/mol. The summed E-state index contributed by atoms with van der Waals surface area (Å²) in [5.41, 5.74) is 0. The van der Waals surface area contributed by atoms with Crippen LogP contribution in [0.5, 0.6) is 0 Å². The van der Waals surface area contributed by atoms with Gasteiger partial charge in [0.15, 0.2) is 11.6 Å². The number of hydrogen-bond acceptors (Lipinski definition) is 2. The highest BCUT2D eigenvalue weighted by Gasteiger charge is 2.12.